The summed E-state index contributed by atoms with van der Waals surface area (Å²) in [5, 5.41) is 5.27. The van der Waals surface area contributed by atoms with Crippen LogP contribution in [0.4, 0.5) is 17.1 Å². The van der Waals surface area contributed by atoms with E-state index >= 15 is 0 Å². The molecule has 0 fully saturated rings. The van der Waals surface area contributed by atoms with Gasteiger partial charge in [0.2, 0.25) is 0 Å². The molecule has 0 aliphatic rings. The van der Waals surface area contributed by atoms with Gasteiger partial charge in [0, 0.05) is 11.1 Å². The molecule has 9 aromatic rings. The third-order valence-electron chi connectivity index (χ3n) is 8.78. The monoisotopic (exact) mass is 640 g/mol. The third kappa shape index (κ3) is 4.40. The van der Waals surface area contributed by atoms with Crippen molar-refractivity contribution < 1.29 is 0 Å². The second-order valence-electron chi connectivity index (χ2n) is 11.4. The van der Waals surface area contributed by atoms with Gasteiger partial charge in [-0.2, -0.15) is 0 Å². The van der Waals surface area contributed by atoms with Crippen LogP contribution < -0.4 is 4.90 Å². The van der Waals surface area contributed by atoms with E-state index in [0.717, 1.165) is 17.1 Å². The average molecular weight is 640 g/mol. The Morgan fingerprint density at radius 2 is 0.978 bits per heavy atom. The van der Waals surface area contributed by atoms with Crippen LogP contribution in [0.5, 0.6) is 0 Å². The second kappa shape index (κ2) is 10.7. The first-order valence-corrected chi connectivity index (χ1v) is 17.0. The van der Waals surface area contributed by atoms with Gasteiger partial charge >= 0.3 is 181 Å². The molecule has 212 valence electrons. The molecule has 3 heteroatoms. The summed E-state index contributed by atoms with van der Waals surface area (Å²) < 4.78 is 5.32. The van der Waals surface area contributed by atoms with Crippen LogP contribution in [0.2, 0.25) is 0 Å². The average Bonchev–Trinajstić information content (AvgIpc) is 3.65. The van der Waals surface area contributed by atoms with Crippen LogP contribution in [-0.2, 0) is 0 Å². The molecular formula is C42H28N2Se. The number of nitrogens with zero attached hydrogens (tertiary/aromatic N) is 2. The summed E-state index contributed by atoms with van der Waals surface area (Å²) in [7, 11) is 0. The summed E-state index contributed by atoms with van der Waals surface area (Å²) in [5.41, 5.74) is 9.47. The Morgan fingerprint density at radius 1 is 0.378 bits per heavy atom. The fourth-order valence-corrected chi connectivity index (χ4v) is 8.97. The Bertz CT molecular complexity index is 2470. The Balaban J connectivity index is 1.17. The molecule has 0 amide bonds. The van der Waals surface area contributed by atoms with Gasteiger partial charge < -0.3 is 4.57 Å². The Morgan fingerprint density at radius 3 is 1.80 bits per heavy atom. The minimum absolute atomic E-state index is 0.388. The molecule has 0 saturated carbocycles. The van der Waals surface area contributed by atoms with Crippen LogP contribution in [0.1, 0.15) is 0 Å². The predicted molar refractivity (Wildman–Crippen MR) is 193 cm³/mol. The van der Waals surface area contributed by atoms with Gasteiger partial charge in [0.05, 0.1) is 11.0 Å². The van der Waals surface area contributed by atoms with Gasteiger partial charge in [-0.25, -0.2) is 0 Å². The molecule has 7 aromatic carbocycles. The van der Waals surface area contributed by atoms with Crippen molar-refractivity contribution in [2.75, 3.05) is 4.90 Å². The van der Waals surface area contributed by atoms with E-state index < -0.39 is 0 Å². The first kappa shape index (κ1) is 26.1. The molecule has 2 nitrogen and oxygen atoms in total. The van der Waals surface area contributed by atoms with E-state index in [1.165, 1.54) is 57.9 Å². The van der Waals surface area contributed by atoms with Crippen molar-refractivity contribution in [1.29, 1.82) is 0 Å². The van der Waals surface area contributed by atoms with Gasteiger partial charge in [0.25, 0.3) is 0 Å². The summed E-state index contributed by atoms with van der Waals surface area (Å²) >= 11 is 0.388. The van der Waals surface area contributed by atoms with E-state index in [4.69, 9.17) is 0 Å². The standard InChI is InChI=1S/C42H28N2Se/c1-3-11-31(12-4-1)43(33-22-19-29(20-23-33)30-21-26-42-38(27-30)36-16-8-10-18-41(36)45-42)34-24-25-40-37(28-34)35-15-7-9-17-39(35)44(40)32-13-5-2-6-14-32/h1-28H. The van der Waals surface area contributed by atoms with Gasteiger partial charge in [-0.05, 0) is 18.2 Å². The van der Waals surface area contributed by atoms with Gasteiger partial charge in [0.15, 0.2) is 0 Å². The maximum absolute atomic E-state index is 2.38. The van der Waals surface area contributed by atoms with Gasteiger partial charge in [-0.15, -0.1) is 0 Å². The molecule has 0 bridgehead atoms. The van der Waals surface area contributed by atoms with E-state index in [2.05, 4.69) is 179 Å². The normalized spacial score (nSPS) is 11.6. The van der Waals surface area contributed by atoms with Crippen LogP contribution in [-0.4, -0.2) is 19.1 Å². The molecule has 0 N–H and O–H groups in total. The van der Waals surface area contributed by atoms with Gasteiger partial charge in [-0.3, -0.25) is 0 Å². The molecule has 0 aliphatic carbocycles. The molecule has 0 radical (unpaired) electrons. The fraction of sp³-hybridized carbons (Fsp3) is 0. The van der Waals surface area contributed by atoms with Crippen molar-refractivity contribution in [2.24, 2.45) is 0 Å². The zero-order chi connectivity index (χ0) is 29.7. The molecule has 0 unspecified atom stereocenters. The molecule has 0 aliphatic heterocycles. The molecule has 2 heterocycles. The maximum atomic E-state index is 2.38. The molecule has 0 saturated heterocycles. The third-order valence-corrected chi connectivity index (χ3v) is 11.2. The molecule has 2 aromatic heterocycles. The van der Waals surface area contributed by atoms with Crippen LogP contribution in [0.3, 0.4) is 0 Å². The van der Waals surface area contributed by atoms with Gasteiger partial charge in [0.1, 0.15) is 0 Å². The first-order chi connectivity index (χ1) is 22.3. The molecule has 9 rings (SSSR count). The fourth-order valence-electron chi connectivity index (χ4n) is 6.69. The zero-order valence-electron chi connectivity index (χ0n) is 24.5. The van der Waals surface area contributed by atoms with Crippen LogP contribution in [0, 0.1) is 0 Å². The topological polar surface area (TPSA) is 8.17 Å². The quantitative estimate of drug-likeness (QED) is 0.170. The van der Waals surface area contributed by atoms with Crippen LogP contribution >= 0.6 is 0 Å². The van der Waals surface area contributed by atoms with Crippen molar-refractivity contribution in [3.8, 4) is 16.8 Å². The molecule has 0 atom stereocenters. The van der Waals surface area contributed by atoms with Gasteiger partial charge in [-0.1, -0.05) is 42.5 Å². The first-order valence-electron chi connectivity index (χ1n) is 15.3. The van der Waals surface area contributed by atoms with Crippen molar-refractivity contribution in [3.05, 3.63) is 170 Å². The molecular weight excluding hydrogens is 611 g/mol. The predicted octanol–water partition coefficient (Wildman–Crippen LogP) is 11.3. The van der Waals surface area contributed by atoms with Crippen molar-refractivity contribution in [3.63, 3.8) is 0 Å². The minimum atomic E-state index is 0.388. The molecule has 45 heavy (non-hydrogen) atoms. The van der Waals surface area contributed by atoms with Crippen molar-refractivity contribution in [1.82, 2.24) is 4.57 Å². The van der Waals surface area contributed by atoms with Crippen molar-refractivity contribution in [2.45, 2.75) is 0 Å². The summed E-state index contributed by atoms with van der Waals surface area (Å²) in [4.78, 5) is 2.36. The summed E-state index contributed by atoms with van der Waals surface area (Å²) in [6.07, 6.45) is 0. The summed E-state index contributed by atoms with van der Waals surface area (Å²) in [6.45, 7) is 0. The number of benzene rings is 7. The van der Waals surface area contributed by atoms with Crippen molar-refractivity contribution >= 4 is 72.7 Å². The van der Waals surface area contributed by atoms with E-state index in [9.17, 15) is 0 Å². The second-order valence-corrected chi connectivity index (χ2v) is 13.7. The number of fused-ring (bicyclic) bond motifs is 6. The van der Waals surface area contributed by atoms with E-state index in [-0.39, 0.29) is 0 Å². The Kier molecular flexibility index (Phi) is 6.19. The Labute approximate surface area is 267 Å². The number of aromatic nitrogens is 1. The van der Waals surface area contributed by atoms with E-state index in [0.29, 0.717) is 14.5 Å². The van der Waals surface area contributed by atoms with E-state index in [1.807, 2.05) is 0 Å². The number of rotatable bonds is 5. The summed E-state index contributed by atoms with van der Waals surface area (Å²) in [6, 6.07) is 61.8. The van der Waals surface area contributed by atoms with Crippen LogP contribution in [0.15, 0.2) is 170 Å². The Hall–Kier alpha value is -5.34. The number of hydrogen-bond donors (Lipinski definition) is 0. The van der Waals surface area contributed by atoms with Crippen LogP contribution in [0.25, 0.3) is 57.9 Å². The number of anilines is 3. The zero-order valence-corrected chi connectivity index (χ0v) is 26.2. The SMILES string of the molecule is c1ccc(N(c2ccc(-c3ccc4[se]c5ccccc5c4c3)cc2)c2ccc3c(c2)c2ccccc2n3-c2ccccc2)cc1. The molecule has 0 spiro atoms. The summed E-state index contributed by atoms with van der Waals surface area (Å²) in [5.74, 6) is 0. The van der Waals surface area contributed by atoms with E-state index in [1.54, 1.807) is 0 Å². The number of para-hydroxylation sites is 3. The number of hydrogen-bond acceptors (Lipinski definition) is 1.